The van der Waals surface area contributed by atoms with Gasteiger partial charge in [0.2, 0.25) is 0 Å². The average molecular weight is 229 g/mol. The molecule has 1 aromatic carbocycles. The molecule has 0 fully saturated rings. The van der Waals surface area contributed by atoms with E-state index in [0.717, 1.165) is 11.3 Å². The lowest BCUT2D eigenvalue weighted by molar-refractivity contribution is 0.432. The third kappa shape index (κ3) is 2.26. The highest BCUT2D eigenvalue weighted by Gasteiger charge is 2.17. The van der Waals surface area contributed by atoms with E-state index in [2.05, 4.69) is 51.9 Å². The van der Waals surface area contributed by atoms with Crippen LogP contribution in [-0.4, -0.2) is 5.16 Å². The van der Waals surface area contributed by atoms with Gasteiger partial charge in [-0.05, 0) is 36.0 Å². The average Bonchev–Trinajstić information content (AvgIpc) is 2.68. The van der Waals surface area contributed by atoms with Crippen molar-refractivity contribution in [3.8, 4) is 11.3 Å². The third-order valence-corrected chi connectivity index (χ3v) is 3.08. The Morgan fingerprint density at radius 1 is 1.06 bits per heavy atom. The molecule has 0 bridgehead atoms. The van der Waals surface area contributed by atoms with Crippen molar-refractivity contribution in [2.24, 2.45) is 0 Å². The molecule has 0 radical (unpaired) electrons. The Labute approximate surface area is 103 Å². The number of aromatic nitrogens is 1. The highest BCUT2D eigenvalue weighted by atomic mass is 16.5. The van der Waals surface area contributed by atoms with Crippen molar-refractivity contribution in [3.63, 3.8) is 0 Å². The van der Waals surface area contributed by atoms with E-state index in [0.29, 0.717) is 0 Å². The van der Waals surface area contributed by atoms with Crippen molar-refractivity contribution in [1.82, 2.24) is 5.16 Å². The van der Waals surface area contributed by atoms with E-state index in [1.54, 1.807) is 6.20 Å². The topological polar surface area (TPSA) is 26.0 Å². The van der Waals surface area contributed by atoms with Crippen LogP contribution in [-0.2, 0) is 5.41 Å². The third-order valence-electron chi connectivity index (χ3n) is 3.08. The summed E-state index contributed by atoms with van der Waals surface area (Å²) >= 11 is 0. The summed E-state index contributed by atoms with van der Waals surface area (Å²) in [5, 5.41) is 3.78. The van der Waals surface area contributed by atoms with Gasteiger partial charge in [0.25, 0.3) is 0 Å². The van der Waals surface area contributed by atoms with Crippen molar-refractivity contribution in [2.45, 2.75) is 40.0 Å². The normalized spacial score (nSPS) is 11.8. The van der Waals surface area contributed by atoms with Crippen molar-refractivity contribution < 1.29 is 4.52 Å². The Morgan fingerprint density at radius 2 is 1.65 bits per heavy atom. The van der Waals surface area contributed by atoms with E-state index >= 15 is 0 Å². The highest BCUT2D eigenvalue weighted by molar-refractivity contribution is 5.66. The second kappa shape index (κ2) is 4.02. The minimum Gasteiger partial charge on any atom is -0.356 e. The molecule has 1 heterocycles. The number of benzene rings is 1. The van der Waals surface area contributed by atoms with Crippen LogP contribution in [0.1, 0.15) is 37.5 Å². The molecule has 2 aromatic rings. The van der Waals surface area contributed by atoms with Crippen LogP contribution in [0, 0.1) is 13.8 Å². The number of nitrogens with zero attached hydrogens (tertiary/aromatic N) is 1. The summed E-state index contributed by atoms with van der Waals surface area (Å²) in [5.41, 5.74) is 5.18. The lowest BCUT2D eigenvalue weighted by Crippen LogP contribution is -2.12. The zero-order valence-corrected chi connectivity index (χ0v) is 11.2. The molecule has 0 aliphatic heterocycles. The van der Waals surface area contributed by atoms with Gasteiger partial charge in [-0.1, -0.05) is 38.1 Å². The molecule has 0 spiro atoms. The number of aryl methyl sites for hydroxylation is 2. The molecule has 0 N–H and O–H groups in total. The fourth-order valence-corrected chi connectivity index (χ4v) is 2.13. The first-order valence-electron chi connectivity index (χ1n) is 5.92. The molecule has 0 saturated heterocycles. The van der Waals surface area contributed by atoms with Crippen molar-refractivity contribution >= 4 is 0 Å². The van der Waals surface area contributed by atoms with E-state index in [4.69, 9.17) is 4.52 Å². The zero-order valence-electron chi connectivity index (χ0n) is 11.2. The molecule has 0 aliphatic carbocycles. The molecule has 2 heteroatoms. The molecule has 1 aromatic heterocycles. The molecule has 0 unspecified atom stereocenters. The Balaban J connectivity index is 2.58. The van der Waals surface area contributed by atoms with Gasteiger partial charge < -0.3 is 4.52 Å². The Hall–Kier alpha value is -1.57. The largest absolute Gasteiger partial charge is 0.356 e. The van der Waals surface area contributed by atoms with Crippen LogP contribution in [0.25, 0.3) is 11.3 Å². The first kappa shape index (κ1) is 11.9. The Morgan fingerprint density at radius 3 is 2.06 bits per heavy atom. The van der Waals surface area contributed by atoms with Crippen LogP contribution in [0.2, 0.25) is 0 Å². The molecule has 17 heavy (non-hydrogen) atoms. The molecule has 0 amide bonds. The Kier molecular flexibility index (Phi) is 2.82. The van der Waals surface area contributed by atoms with Gasteiger partial charge in [-0.15, -0.1) is 0 Å². The maximum atomic E-state index is 5.26. The lowest BCUT2D eigenvalue weighted by Gasteiger charge is -2.21. The van der Waals surface area contributed by atoms with Gasteiger partial charge in [0.05, 0.1) is 6.20 Å². The molecule has 2 nitrogen and oxygen atoms in total. The second-order valence-corrected chi connectivity index (χ2v) is 5.61. The summed E-state index contributed by atoms with van der Waals surface area (Å²) < 4.78 is 5.26. The minimum atomic E-state index is 0.176. The van der Waals surface area contributed by atoms with Gasteiger partial charge in [0.15, 0.2) is 5.76 Å². The van der Waals surface area contributed by atoms with Gasteiger partial charge in [0, 0.05) is 11.6 Å². The van der Waals surface area contributed by atoms with Crippen LogP contribution in [0.3, 0.4) is 0 Å². The standard InChI is InChI=1S/C15H19NO/c1-10-8-12(15(3,4)5)9-11(2)14(10)13-6-7-16-17-13/h6-9H,1-5H3. The molecular weight excluding hydrogens is 210 g/mol. The summed E-state index contributed by atoms with van der Waals surface area (Å²) in [6, 6.07) is 6.39. The highest BCUT2D eigenvalue weighted by Crippen LogP contribution is 2.32. The van der Waals surface area contributed by atoms with Crippen LogP contribution in [0.5, 0.6) is 0 Å². The number of hydrogen-bond acceptors (Lipinski definition) is 2. The molecular formula is C15H19NO. The lowest BCUT2D eigenvalue weighted by atomic mass is 9.83. The van der Waals surface area contributed by atoms with E-state index in [-0.39, 0.29) is 5.41 Å². The van der Waals surface area contributed by atoms with E-state index in [9.17, 15) is 0 Å². The number of hydrogen-bond donors (Lipinski definition) is 0. The fourth-order valence-electron chi connectivity index (χ4n) is 2.13. The summed E-state index contributed by atoms with van der Waals surface area (Å²) in [5.74, 6) is 0.848. The van der Waals surface area contributed by atoms with Crippen molar-refractivity contribution in [2.75, 3.05) is 0 Å². The zero-order chi connectivity index (χ0) is 12.6. The maximum absolute atomic E-state index is 5.26. The van der Waals surface area contributed by atoms with Gasteiger partial charge in [-0.3, -0.25) is 0 Å². The Bertz CT molecular complexity index is 495. The quantitative estimate of drug-likeness (QED) is 0.730. The van der Waals surface area contributed by atoms with Crippen molar-refractivity contribution in [1.29, 1.82) is 0 Å². The first-order chi connectivity index (χ1) is 7.89. The summed E-state index contributed by atoms with van der Waals surface area (Å²) in [4.78, 5) is 0. The van der Waals surface area contributed by atoms with E-state index < -0.39 is 0 Å². The van der Waals surface area contributed by atoms with Crippen LogP contribution in [0.15, 0.2) is 28.9 Å². The van der Waals surface area contributed by atoms with Crippen molar-refractivity contribution in [3.05, 3.63) is 41.1 Å². The van der Waals surface area contributed by atoms with Gasteiger partial charge in [0.1, 0.15) is 0 Å². The SMILES string of the molecule is Cc1cc(C(C)(C)C)cc(C)c1-c1ccno1. The van der Waals surface area contributed by atoms with Gasteiger partial charge in [-0.25, -0.2) is 0 Å². The van der Waals surface area contributed by atoms with Crippen LogP contribution in [0.4, 0.5) is 0 Å². The molecule has 0 aliphatic rings. The molecule has 90 valence electrons. The summed E-state index contributed by atoms with van der Waals surface area (Å²) in [6.07, 6.45) is 1.69. The number of rotatable bonds is 1. The van der Waals surface area contributed by atoms with Gasteiger partial charge in [-0.2, -0.15) is 0 Å². The smallest absolute Gasteiger partial charge is 0.167 e. The van der Waals surface area contributed by atoms with E-state index in [1.165, 1.54) is 16.7 Å². The fraction of sp³-hybridized carbons (Fsp3) is 0.400. The minimum absolute atomic E-state index is 0.176. The van der Waals surface area contributed by atoms with Crippen LogP contribution >= 0.6 is 0 Å². The molecule has 2 rings (SSSR count). The predicted molar refractivity (Wildman–Crippen MR) is 70.1 cm³/mol. The first-order valence-corrected chi connectivity index (χ1v) is 5.92. The second-order valence-electron chi connectivity index (χ2n) is 5.61. The molecule has 0 atom stereocenters. The monoisotopic (exact) mass is 229 g/mol. The van der Waals surface area contributed by atoms with Crippen LogP contribution < -0.4 is 0 Å². The predicted octanol–water partition coefficient (Wildman–Crippen LogP) is 4.26. The van der Waals surface area contributed by atoms with Gasteiger partial charge >= 0.3 is 0 Å². The van der Waals surface area contributed by atoms with E-state index in [1.807, 2.05) is 6.07 Å². The summed E-state index contributed by atoms with van der Waals surface area (Å²) in [7, 11) is 0. The summed E-state index contributed by atoms with van der Waals surface area (Å²) in [6.45, 7) is 10.9. The maximum Gasteiger partial charge on any atom is 0.167 e. The molecule has 0 saturated carbocycles.